The molecule has 2 amide bonds. The van der Waals surface area contributed by atoms with Crippen molar-refractivity contribution >= 4 is 23.2 Å². The molecule has 1 aliphatic rings. The predicted octanol–water partition coefficient (Wildman–Crippen LogP) is 2.46. The van der Waals surface area contributed by atoms with Gasteiger partial charge < -0.3 is 24.4 Å². The predicted molar refractivity (Wildman–Crippen MR) is 97.1 cm³/mol. The first-order chi connectivity index (χ1) is 12.5. The average Bonchev–Trinajstić information content (AvgIpc) is 2.65. The highest BCUT2D eigenvalue weighted by Gasteiger charge is 2.29. The van der Waals surface area contributed by atoms with Gasteiger partial charge in [-0.25, -0.2) is 0 Å². The number of carbonyl (C=O) groups excluding carboxylic acids is 2. The molecule has 0 aliphatic carbocycles. The van der Waals surface area contributed by atoms with Crippen LogP contribution in [0.3, 0.4) is 0 Å². The molecule has 1 atom stereocenters. The third-order valence-corrected chi connectivity index (χ3v) is 4.02. The van der Waals surface area contributed by atoms with Crippen molar-refractivity contribution in [2.75, 3.05) is 31.0 Å². The molecule has 1 N–H and O–H groups in total. The highest BCUT2D eigenvalue weighted by Crippen LogP contribution is 2.35. The third kappa shape index (κ3) is 3.72. The van der Waals surface area contributed by atoms with Gasteiger partial charge in [0.2, 0.25) is 0 Å². The van der Waals surface area contributed by atoms with Crippen LogP contribution in [0.4, 0.5) is 11.4 Å². The minimum atomic E-state index is -0.522. The number of nitrogens with one attached hydrogen (secondary N) is 1. The van der Waals surface area contributed by atoms with E-state index < -0.39 is 6.10 Å². The fourth-order valence-corrected chi connectivity index (χ4v) is 2.61. The van der Waals surface area contributed by atoms with E-state index in [9.17, 15) is 9.59 Å². The standard InChI is InChI=1S/C19H20N2O5/c1-12-19(23)21(2)16-10-13(4-9-17(16)26-12)20-18(22)11-25-15-7-5-14(24-3)6-8-15/h4-10,12H,11H2,1-3H3,(H,20,22)/t12-/m1/s1. The molecule has 136 valence electrons. The molecule has 3 rings (SSSR count). The number of methoxy groups -OCH3 is 1. The van der Waals surface area contributed by atoms with Crippen LogP contribution in [0.25, 0.3) is 0 Å². The van der Waals surface area contributed by atoms with E-state index in [4.69, 9.17) is 14.2 Å². The van der Waals surface area contributed by atoms with Gasteiger partial charge >= 0.3 is 0 Å². The molecule has 0 aromatic heterocycles. The summed E-state index contributed by atoms with van der Waals surface area (Å²) in [7, 11) is 3.26. The Balaban J connectivity index is 1.62. The first-order valence-electron chi connectivity index (χ1n) is 8.13. The van der Waals surface area contributed by atoms with Crippen LogP contribution in [0.2, 0.25) is 0 Å². The number of fused-ring (bicyclic) bond motifs is 1. The SMILES string of the molecule is COc1ccc(OCC(=O)Nc2ccc3c(c2)N(C)C(=O)[C@@H](C)O3)cc1. The molecule has 0 radical (unpaired) electrons. The van der Waals surface area contributed by atoms with Gasteiger partial charge in [0, 0.05) is 12.7 Å². The van der Waals surface area contributed by atoms with E-state index in [0.717, 1.165) is 0 Å². The number of amides is 2. The van der Waals surface area contributed by atoms with Gasteiger partial charge in [0.15, 0.2) is 12.7 Å². The number of carbonyl (C=O) groups is 2. The van der Waals surface area contributed by atoms with Crippen LogP contribution < -0.4 is 24.4 Å². The maximum atomic E-state index is 12.1. The van der Waals surface area contributed by atoms with Crippen LogP contribution in [0.1, 0.15) is 6.92 Å². The number of ether oxygens (including phenoxy) is 3. The average molecular weight is 356 g/mol. The summed E-state index contributed by atoms with van der Waals surface area (Å²) < 4.78 is 16.1. The lowest BCUT2D eigenvalue weighted by atomic mass is 10.2. The highest BCUT2D eigenvalue weighted by molar-refractivity contribution is 6.00. The van der Waals surface area contributed by atoms with Crippen LogP contribution in [0.5, 0.6) is 17.2 Å². The quantitative estimate of drug-likeness (QED) is 0.890. The molecule has 0 saturated carbocycles. The number of hydrogen-bond donors (Lipinski definition) is 1. The zero-order chi connectivity index (χ0) is 18.7. The third-order valence-electron chi connectivity index (χ3n) is 4.02. The second-order valence-corrected chi connectivity index (χ2v) is 5.85. The highest BCUT2D eigenvalue weighted by atomic mass is 16.5. The summed E-state index contributed by atoms with van der Waals surface area (Å²) in [4.78, 5) is 25.6. The zero-order valence-corrected chi connectivity index (χ0v) is 14.8. The molecule has 0 unspecified atom stereocenters. The molecule has 2 aromatic rings. The number of benzene rings is 2. The van der Waals surface area contributed by atoms with Gasteiger partial charge in [0.1, 0.15) is 17.2 Å². The smallest absolute Gasteiger partial charge is 0.267 e. The molecule has 0 spiro atoms. The second kappa shape index (κ2) is 7.35. The lowest BCUT2D eigenvalue weighted by Crippen LogP contribution is -2.42. The summed E-state index contributed by atoms with van der Waals surface area (Å²) in [6, 6.07) is 12.1. The van der Waals surface area contributed by atoms with Crippen LogP contribution >= 0.6 is 0 Å². The van der Waals surface area contributed by atoms with Crippen molar-refractivity contribution in [3.63, 3.8) is 0 Å². The molecule has 2 aromatic carbocycles. The Morgan fingerprint density at radius 1 is 1.19 bits per heavy atom. The van der Waals surface area contributed by atoms with Crippen LogP contribution in [-0.4, -0.2) is 38.7 Å². The topological polar surface area (TPSA) is 77.1 Å². The molecule has 1 heterocycles. The molecule has 1 aliphatic heterocycles. The zero-order valence-electron chi connectivity index (χ0n) is 14.8. The van der Waals surface area contributed by atoms with E-state index in [-0.39, 0.29) is 18.4 Å². The van der Waals surface area contributed by atoms with Crippen molar-refractivity contribution in [3.05, 3.63) is 42.5 Å². The van der Waals surface area contributed by atoms with Gasteiger partial charge in [-0.3, -0.25) is 9.59 Å². The largest absolute Gasteiger partial charge is 0.497 e. The minimum absolute atomic E-state index is 0.133. The summed E-state index contributed by atoms with van der Waals surface area (Å²) in [5.74, 6) is 1.45. The summed E-state index contributed by atoms with van der Waals surface area (Å²) >= 11 is 0. The van der Waals surface area contributed by atoms with Gasteiger partial charge in [-0.2, -0.15) is 0 Å². The van der Waals surface area contributed by atoms with E-state index >= 15 is 0 Å². The fourth-order valence-electron chi connectivity index (χ4n) is 2.61. The Bertz CT molecular complexity index is 819. The van der Waals surface area contributed by atoms with Gasteiger partial charge in [0.05, 0.1) is 12.8 Å². The minimum Gasteiger partial charge on any atom is -0.497 e. The number of anilines is 2. The van der Waals surface area contributed by atoms with Crippen LogP contribution in [0, 0.1) is 0 Å². The summed E-state index contributed by atoms with van der Waals surface area (Å²) in [5, 5.41) is 2.75. The monoisotopic (exact) mass is 356 g/mol. The summed E-state index contributed by atoms with van der Waals surface area (Å²) in [6.07, 6.45) is -0.522. The van der Waals surface area contributed by atoms with Crippen molar-refractivity contribution in [1.29, 1.82) is 0 Å². The Labute approximate surface area is 151 Å². The van der Waals surface area contributed by atoms with E-state index in [2.05, 4.69) is 5.32 Å². The second-order valence-electron chi connectivity index (χ2n) is 5.85. The van der Waals surface area contributed by atoms with Gasteiger partial charge in [-0.1, -0.05) is 0 Å². The maximum absolute atomic E-state index is 12.1. The van der Waals surface area contributed by atoms with Crippen molar-refractivity contribution in [2.45, 2.75) is 13.0 Å². The molecule has 7 heteroatoms. The van der Waals surface area contributed by atoms with Crippen molar-refractivity contribution in [3.8, 4) is 17.2 Å². The Morgan fingerprint density at radius 3 is 2.58 bits per heavy atom. The number of likely N-dealkylation sites (N-methyl/N-ethyl adjacent to an activating group) is 1. The van der Waals surface area contributed by atoms with Crippen molar-refractivity contribution in [2.24, 2.45) is 0 Å². The normalized spacial score (nSPS) is 15.7. The lowest BCUT2D eigenvalue weighted by Gasteiger charge is -2.30. The Morgan fingerprint density at radius 2 is 1.88 bits per heavy atom. The first-order valence-corrected chi connectivity index (χ1v) is 8.13. The number of nitrogens with zero attached hydrogens (tertiary/aromatic N) is 1. The van der Waals surface area contributed by atoms with Gasteiger partial charge in [-0.05, 0) is 49.4 Å². The molecular weight excluding hydrogens is 336 g/mol. The molecule has 26 heavy (non-hydrogen) atoms. The number of rotatable bonds is 5. The lowest BCUT2D eigenvalue weighted by molar-refractivity contribution is -0.125. The Hall–Kier alpha value is -3.22. The van der Waals surface area contributed by atoms with E-state index in [0.29, 0.717) is 28.6 Å². The van der Waals surface area contributed by atoms with Gasteiger partial charge in [0.25, 0.3) is 11.8 Å². The summed E-state index contributed by atoms with van der Waals surface area (Å²) in [6.45, 7) is 1.57. The molecule has 0 saturated heterocycles. The first kappa shape index (κ1) is 17.6. The van der Waals surface area contributed by atoms with Gasteiger partial charge in [-0.15, -0.1) is 0 Å². The maximum Gasteiger partial charge on any atom is 0.267 e. The van der Waals surface area contributed by atoms with E-state index in [1.165, 1.54) is 4.90 Å². The molecule has 7 nitrogen and oxygen atoms in total. The molecule has 0 bridgehead atoms. The molecule has 0 fully saturated rings. The van der Waals surface area contributed by atoms with Crippen molar-refractivity contribution < 1.29 is 23.8 Å². The van der Waals surface area contributed by atoms with Crippen molar-refractivity contribution in [1.82, 2.24) is 0 Å². The van der Waals surface area contributed by atoms with E-state index in [1.807, 2.05) is 0 Å². The van der Waals surface area contributed by atoms with E-state index in [1.54, 1.807) is 63.5 Å². The summed E-state index contributed by atoms with van der Waals surface area (Å²) in [5.41, 5.74) is 1.17. The Kier molecular flexibility index (Phi) is 4.97. The van der Waals surface area contributed by atoms with Crippen LogP contribution in [-0.2, 0) is 9.59 Å². The molecular formula is C19H20N2O5. The van der Waals surface area contributed by atoms with Crippen LogP contribution in [0.15, 0.2) is 42.5 Å². The number of hydrogen-bond acceptors (Lipinski definition) is 5. The fraction of sp³-hybridized carbons (Fsp3) is 0.263.